The van der Waals surface area contributed by atoms with Gasteiger partial charge in [0.25, 0.3) is 5.56 Å². The van der Waals surface area contributed by atoms with Crippen molar-refractivity contribution >= 4 is 51.4 Å². The number of carbonyl (C=O) groups excluding carboxylic acids is 1. The molecule has 262 valence electrons. The molecule has 0 bridgehead atoms. The van der Waals surface area contributed by atoms with Crippen molar-refractivity contribution in [1.29, 1.82) is 0 Å². The Morgan fingerprint density at radius 1 is 1.00 bits per heavy atom. The van der Waals surface area contributed by atoms with E-state index >= 15 is 0 Å². The molecule has 1 aliphatic carbocycles. The van der Waals surface area contributed by atoms with Crippen LogP contribution in [0.1, 0.15) is 42.1 Å². The van der Waals surface area contributed by atoms with E-state index in [9.17, 15) is 22.8 Å². The minimum absolute atomic E-state index is 0.0226. The predicted octanol–water partition coefficient (Wildman–Crippen LogP) is 7.09. The molecule has 15 heteroatoms. The Labute approximate surface area is 299 Å². The molecule has 0 unspecified atom stereocenters. The van der Waals surface area contributed by atoms with Crippen LogP contribution in [0, 0.1) is 0 Å². The number of hydrogen-bond acceptors (Lipinski definition) is 8. The number of amides is 1. The second-order valence-corrected chi connectivity index (χ2v) is 14.0. The summed E-state index contributed by atoms with van der Waals surface area (Å²) < 4.78 is 48.3. The van der Waals surface area contributed by atoms with Crippen molar-refractivity contribution in [3.8, 4) is 28.3 Å². The first-order valence-corrected chi connectivity index (χ1v) is 17.0. The first-order chi connectivity index (χ1) is 24.4. The molecule has 5 heterocycles. The lowest BCUT2D eigenvalue weighted by Crippen LogP contribution is -2.67. The number of ether oxygens (including phenoxy) is 1. The molecule has 2 saturated heterocycles. The molecule has 1 spiro atoms. The van der Waals surface area contributed by atoms with Crippen LogP contribution in [0.5, 0.6) is 5.88 Å². The van der Waals surface area contributed by atoms with Crippen LogP contribution in [0.4, 0.5) is 24.7 Å². The number of carbonyl (C=O) groups is 1. The lowest BCUT2D eigenvalue weighted by atomic mass is 9.86. The summed E-state index contributed by atoms with van der Waals surface area (Å²) in [6.45, 7) is 1.59. The monoisotopic (exact) mass is 735 g/mol. The van der Waals surface area contributed by atoms with Crippen molar-refractivity contribution in [2.45, 2.75) is 43.4 Å². The Hall–Kier alpha value is -4.72. The van der Waals surface area contributed by atoms with Crippen LogP contribution < -0.4 is 20.9 Å². The number of aryl methyl sites for hydroxylation is 2. The third-order valence-corrected chi connectivity index (χ3v) is 10.9. The summed E-state index contributed by atoms with van der Waals surface area (Å²) in [4.78, 5) is 35.9. The number of nitrogens with one attached hydrogen (secondary N) is 2. The minimum Gasteiger partial charge on any atom is -0.481 e. The number of hydrogen-bond donors (Lipinski definition) is 2. The molecule has 0 radical (unpaired) electrons. The van der Waals surface area contributed by atoms with E-state index < -0.39 is 17.4 Å². The Kier molecular flexibility index (Phi) is 8.00. The number of methoxy groups -OCH3 is 1. The van der Waals surface area contributed by atoms with Crippen molar-refractivity contribution in [2.24, 2.45) is 7.05 Å². The molecule has 1 atom stereocenters. The molecule has 2 aromatic carbocycles. The zero-order chi connectivity index (χ0) is 35.8. The molecule has 8 rings (SSSR count). The fourth-order valence-electron chi connectivity index (χ4n) is 7.60. The maximum Gasteiger partial charge on any atom is 0.433 e. The van der Waals surface area contributed by atoms with E-state index in [1.165, 1.54) is 13.2 Å². The van der Waals surface area contributed by atoms with Crippen LogP contribution in [0.2, 0.25) is 10.0 Å². The topological polar surface area (TPSA) is 114 Å². The standard InChI is InChI=1S/C36H30Cl2F3N7O3/c1-47-34(50)29-19(15-42-47)14-26(36(39,40)41)45-32(29)43-23-8-4-6-21(31(23)38)20-5-3-7-22(30(20)37)24-13-18-9-10-25(28(18)33(44-24)51-2)48-16-35(17-48)12-11-27(49)46-35/h3-8,13-15,25H,9-12,16-17H2,1-2H3,(H,43,45)(H,46,49)/t25-/m1/s1. The molecule has 2 N–H and O–H groups in total. The van der Waals surface area contributed by atoms with E-state index in [1.54, 1.807) is 31.4 Å². The van der Waals surface area contributed by atoms with E-state index in [4.69, 9.17) is 32.9 Å². The second-order valence-electron chi connectivity index (χ2n) is 13.2. The van der Waals surface area contributed by atoms with Crippen molar-refractivity contribution in [3.63, 3.8) is 0 Å². The van der Waals surface area contributed by atoms with Gasteiger partial charge in [-0.1, -0.05) is 53.5 Å². The van der Waals surface area contributed by atoms with Crippen LogP contribution in [0.15, 0.2) is 59.5 Å². The highest BCUT2D eigenvalue weighted by molar-refractivity contribution is 6.39. The molecular formula is C36H30Cl2F3N7O3. The third-order valence-electron chi connectivity index (χ3n) is 10.0. The summed E-state index contributed by atoms with van der Waals surface area (Å²) >= 11 is 14.0. The average molecular weight is 737 g/mol. The zero-order valence-electron chi connectivity index (χ0n) is 27.4. The maximum atomic E-state index is 13.8. The number of likely N-dealkylation sites (tertiary alicyclic amines) is 1. The predicted molar refractivity (Wildman–Crippen MR) is 187 cm³/mol. The fourth-order valence-corrected chi connectivity index (χ4v) is 8.19. The van der Waals surface area contributed by atoms with Gasteiger partial charge < -0.3 is 15.4 Å². The number of alkyl halides is 3. The molecule has 5 aromatic rings. The smallest absolute Gasteiger partial charge is 0.433 e. The van der Waals surface area contributed by atoms with Gasteiger partial charge >= 0.3 is 6.18 Å². The summed E-state index contributed by atoms with van der Waals surface area (Å²) in [5.41, 5.74) is 2.77. The van der Waals surface area contributed by atoms with E-state index in [0.717, 1.165) is 54.2 Å². The number of anilines is 2. The highest BCUT2D eigenvalue weighted by Gasteiger charge is 2.51. The van der Waals surface area contributed by atoms with Crippen LogP contribution in [0.3, 0.4) is 0 Å². The quantitative estimate of drug-likeness (QED) is 0.190. The van der Waals surface area contributed by atoms with E-state index in [-0.39, 0.29) is 44.8 Å². The maximum absolute atomic E-state index is 13.8. The number of fused-ring (bicyclic) bond motifs is 2. The molecule has 0 saturated carbocycles. The zero-order valence-corrected chi connectivity index (χ0v) is 28.9. The van der Waals surface area contributed by atoms with E-state index in [2.05, 4.69) is 25.6 Å². The van der Waals surface area contributed by atoms with Gasteiger partial charge in [-0.3, -0.25) is 14.5 Å². The summed E-state index contributed by atoms with van der Waals surface area (Å²) in [7, 11) is 3.00. The largest absolute Gasteiger partial charge is 0.481 e. The molecule has 2 fully saturated rings. The van der Waals surface area contributed by atoms with Crippen molar-refractivity contribution in [2.75, 3.05) is 25.5 Å². The Balaban J connectivity index is 1.13. The van der Waals surface area contributed by atoms with Gasteiger partial charge in [-0.15, -0.1) is 0 Å². The van der Waals surface area contributed by atoms with Crippen LogP contribution in [-0.4, -0.2) is 56.3 Å². The molecule has 3 aromatic heterocycles. The van der Waals surface area contributed by atoms with Gasteiger partial charge in [0.2, 0.25) is 11.8 Å². The lowest BCUT2D eigenvalue weighted by molar-refractivity contribution is -0.141. The van der Waals surface area contributed by atoms with Crippen molar-refractivity contribution in [1.82, 2.24) is 30.0 Å². The highest BCUT2D eigenvalue weighted by Crippen LogP contribution is 2.48. The van der Waals surface area contributed by atoms with Crippen molar-refractivity contribution < 1.29 is 22.7 Å². The van der Waals surface area contributed by atoms with Crippen LogP contribution in [-0.2, 0) is 24.4 Å². The van der Waals surface area contributed by atoms with Gasteiger partial charge in [-0.05, 0) is 43.0 Å². The Bertz CT molecular complexity index is 2330. The van der Waals surface area contributed by atoms with Crippen LogP contribution in [0.25, 0.3) is 33.2 Å². The van der Waals surface area contributed by atoms with Gasteiger partial charge in [0.1, 0.15) is 11.5 Å². The Morgan fingerprint density at radius 2 is 1.73 bits per heavy atom. The molecule has 1 amide bonds. The molecule has 51 heavy (non-hydrogen) atoms. The number of rotatable bonds is 6. The van der Waals surface area contributed by atoms with Gasteiger partial charge in [-0.25, -0.2) is 14.6 Å². The number of nitrogens with zero attached hydrogens (tertiary/aromatic N) is 5. The molecule has 10 nitrogen and oxygen atoms in total. The summed E-state index contributed by atoms with van der Waals surface area (Å²) in [6.07, 6.45) is -0.434. The van der Waals surface area contributed by atoms with Gasteiger partial charge in [-0.2, -0.15) is 18.3 Å². The Morgan fingerprint density at radius 3 is 2.43 bits per heavy atom. The average Bonchev–Trinajstić information content (AvgIpc) is 3.69. The first kappa shape index (κ1) is 33.4. The van der Waals surface area contributed by atoms with Gasteiger partial charge in [0.15, 0.2) is 0 Å². The first-order valence-electron chi connectivity index (χ1n) is 16.3. The second kappa shape index (κ2) is 12.2. The van der Waals surface area contributed by atoms with Crippen LogP contribution >= 0.6 is 23.2 Å². The van der Waals surface area contributed by atoms with E-state index in [1.807, 2.05) is 18.2 Å². The van der Waals surface area contributed by atoms with Crippen molar-refractivity contribution in [3.05, 3.63) is 91.9 Å². The third kappa shape index (κ3) is 5.67. The van der Waals surface area contributed by atoms with Gasteiger partial charge in [0, 0.05) is 60.2 Å². The lowest BCUT2D eigenvalue weighted by Gasteiger charge is -2.50. The fraction of sp³-hybridized carbons (Fsp3) is 0.306. The van der Waals surface area contributed by atoms with Gasteiger partial charge in [0.05, 0.1) is 45.7 Å². The summed E-state index contributed by atoms with van der Waals surface area (Å²) in [5.74, 6) is 0.324. The normalized spacial score (nSPS) is 18.2. The number of halogens is 5. The SMILES string of the molecule is COc1nc(-c2cccc(-c3cccc(Nc4nc(C(F)(F)F)cc5cnn(C)c(=O)c45)c3Cl)c2Cl)cc2c1[C@H](N1CC3(CCC(=O)N3)C1)CC2. The number of aromatic nitrogens is 4. The number of pyridine rings is 2. The molecule has 2 aliphatic heterocycles. The molecular weight excluding hydrogens is 706 g/mol. The summed E-state index contributed by atoms with van der Waals surface area (Å²) in [5, 5.41) is 10.3. The minimum atomic E-state index is -4.77. The summed E-state index contributed by atoms with van der Waals surface area (Å²) in [6, 6.07) is 13.4. The number of benzene rings is 2. The molecule has 3 aliphatic rings. The van der Waals surface area contributed by atoms with E-state index in [0.29, 0.717) is 39.7 Å². The highest BCUT2D eigenvalue weighted by atomic mass is 35.5.